The summed E-state index contributed by atoms with van der Waals surface area (Å²) in [7, 11) is 1.62. The molecule has 0 fully saturated rings. The second kappa shape index (κ2) is 9.78. The Bertz CT molecular complexity index is 967. The maximum atomic E-state index is 13.4. The maximum Gasteiger partial charge on any atom is 0.165 e. The van der Waals surface area contributed by atoms with Gasteiger partial charge in [-0.05, 0) is 60.9 Å². The molecule has 0 atom stereocenters. The molecule has 3 aromatic carbocycles. The van der Waals surface area contributed by atoms with E-state index in [2.05, 4.69) is 49.2 Å². The van der Waals surface area contributed by atoms with Crippen molar-refractivity contribution in [3.8, 4) is 11.5 Å². The number of aryl methyl sites for hydroxylation is 1. The number of hydrogen-bond acceptors (Lipinski definition) is 3. The lowest BCUT2D eigenvalue weighted by atomic mass is 10.0. The third kappa shape index (κ3) is 5.61. The van der Waals surface area contributed by atoms with Crippen molar-refractivity contribution in [1.29, 1.82) is 0 Å². The van der Waals surface area contributed by atoms with Crippen LogP contribution in [-0.2, 0) is 19.6 Å². The van der Waals surface area contributed by atoms with Gasteiger partial charge in [-0.15, -0.1) is 6.58 Å². The zero-order valence-electron chi connectivity index (χ0n) is 16.9. The van der Waals surface area contributed by atoms with E-state index < -0.39 is 0 Å². The van der Waals surface area contributed by atoms with Gasteiger partial charge >= 0.3 is 0 Å². The van der Waals surface area contributed by atoms with Crippen LogP contribution < -0.4 is 14.8 Å². The number of anilines is 1. The van der Waals surface area contributed by atoms with Crippen molar-refractivity contribution >= 4 is 5.69 Å². The van der Waals surface area contributed by atoms with Crippen LogP contribution in [0.25, 0.3) is 0 Å². The fraction of sp³-hybridized carbons (Fsp3) is 0.200. The molecule has 0 heterocycles. The summed E-state index contributed by atoms with van der Waals surface area (Å²) in [5, 5.41) is 3.43. The molecule has 0 saturated heterocycles. The van der Waals surface area contributed by atoms with Crippen molar-refractivity contribution in [1.82, 2.24) is 0 Å². The van der Waals surface area contributed by atoms with Gasteiger partial charge in [-0.1, -0.05) is 35.9 Å². The zero-order valence-corrected chi connectivity index (χ0v) is 16.9. The zero-order chi connectivity index (χ0) is 20.6. The minimum Gasteiger partial charge on any atom is -0.493 e. The SMILES string of the molecule is C=CCc1cc(CNc2ccc(C)cc2)cc(OC)c1OCc1cccc(F)c1. The molecule has 0 amide bonds. The van der Waals surface area contributed by atoms with Crippen molar-refractivity contribution in [2.75, 3.05) is 12.4 Å². The van der Waals surface area contributed by atoms with Gasteiger partial charge in [-0.2, -0.15) is 0 Å². The van der Waals surface area contributed by atoms with Crippen LogP contribution in [0.5, 0.6) is 11.5 Å². The van der Waals surface area contributed by atoms with Crippen LogP contribution in [0.4, 0.5) is 10.1 Å². The summed E-state index contributed by atoms with van der Waals surface area (Å²) in [6.45, 7) is 6.84. The summed E-state index contributed by atoms with van der Waals surface area (Å²) >= 11 is 0. The molecule has 29 heavy (non-hydrogen) atoms. The van der Waals surface area contributed by atoms with Crippen LogP contribution in [0.2, 0.25) is 0 Å². The molecule has 0 aliphatic carbocycles. The standard InChI is InChI=1S/C25H26FNO2/c1-4-6-21-13-20(16-27-23-11-9-18(2)10-12-23)15-24(28-3)25(21)29-17-19-7-5-8-22(26)14-19/h4-5,7-15,27H,1,6,16-17H2,2-3H3. The van der Waals surface area contributed by atoms with Crippen LogP contribution in [0.15, 0.2) is 73.3 Å². The van der Waals surface area contributed by atoms with E-state index in [9.17, 15) is 4.39 Å². The Kier molecular flexibility index (Phi) is 6.90. The summed E-state index contributed by atoms with van der Waals surface area (Å²) in [6, 6.07) is 18.7. The van der Waals surface area contributed by atoms with Crippen LogP contribution in [0.3, 0.4) is 0 Å². The smallest absolute Gasteiger partial charge is 0.165 e. The Labute approximate surface area is 171 Å². The second-order valence-electron chi connectivity index (χ2n) is 6.92. The molecule has 0 aliphatic rings. The highest BCUT2D eigenvalue weighted by Gasteiger charge is 2.13. The van der Waals surface area contributed by atoms with E-state index in [0.717, 1.165) is 22.4 Å². The minimum atomic E-state index is -0.276. The summed E-state index contributed by atoms with van der Waals surface area (Å²) in [5.41, 5.74) is 5.12. The third-order valence-electron chi connectivity index (χ3n) is 4.60. The average Bonchev–Trinajstić information content (AvgIpc) is 2.72. The summed E-state index contributed by atoms with van der Waals surface area (Å²) in [4.78, 5) is 0. The predicted molar refractivity (Wildman–Crippen MR) is 116 cm³/mol. The van der Waals surface area contributed by atoms with Crippen molar-refractivity contribution in [3.63, 3.8) is 0 Å². The number of nitrogens with one attached hydrogen (secondary N) is 1. The third-order valence-corrected chi connectivity index (χ3v) is 4.60. The number of rotatable bonds is 9. The molecular weight excluding hydrogens is 365 g/mol. The summed E-state index contributed by atoms with van der Waals surface area (Å²) < 4.78 is 25.1. The minimum absolute atomic E-state index is 0.263. The fourth-order valence-electron chi connectivity index (χ4n) is 3.11. The van der Waals surface area contributed by atoms with E-state index in [4.69, 9.17) is 9.47 Å². The van der Waals surface area contributed by atoms with Gasteiger partial charge in [-0.3, -0.25) is 0 Å². The highest BCUT2D eigenvalue weighted by molar-refractivity contribution is 5.52. The molecule has 1 N–H and O–H groups in total. The molecule has 3 rings (SSSR count). The Balaban J connectivity index is 1.80. The van der Waals surface area contributed by atoms with Gasteiger partial charge in [0.1, 0.15) is 12.4 Å². The largest absolute Gasteiger partial charge is 0.493 e. The molecule has 0 spiro atoms. The number of hydrogen-bond donors (Lipinski definition) is 1. The first kappa shape index (κ1) is 20.5. The lowest BCUT2D eigenvalue weighted by molar-refractivity contribution is 0.281. The van der Waals surface area contributed by atoms with Crippen molar-refractivity contribution in [2.24, 2.45) is 0 Å². The van der Waals surface area contributed by atoms with Crippen LogP contribution in [0.1, 0.15) is 22.3 Å². The highest BCUT2D eigenvalue weighted by atomic mass is 19.1. The summed E-state index contributed by atoms with van der Waals surface area (Å²) in [6.07, 6.45) is 2.48. The Morgan fingerprint density at radius 2 is 1.83 bits per heavy atom. The molecule has 3 nitrogen and oxygen atoms in total. The topological polar surface area (TPSA) is 30.5 Å². The molecule has 0 bridgehead atoms. The molecule has 0 unspecified atom stereocenters. The van der Waals surface area contributed by atoms with Crippen LogP contribution >= 0.6 is 0 Å². The number of halogens is 1. The Hall–Kier alpha value is -3.27. The molecule has 0 radical (unpaired) electrons. The Morgan fingerprint density at radius 1 is 1.03 bits per heavy atom. The van der Waals surface area contributed by atoms with E-state index in [1.165, 1.54) is 17.7 Å². The first-order chi connectivity index (χ1) is 14.1. The first-order valence-electron chi connectivity index (χ1n) is 9.57. The average molecular weight is 391 g/mol. The van der Waals surface area contributed by atoms with Crippen LogP contribution in [0, 0.1) is 12.7 Å². The molecule has 4 heteroatoms. The van der Waals surface area contributed by atoms with Gasteiger partial charge in [0.15, 0.2) is 11.5 Å². The van der Waals surface area contributed by atoms with Crippen molar-refractivity contribution in [3.05, 3.63) is 101 Å². The number of methoxy groups -OCH3 is 1. The predicted octanol–water partition coefficient (Wildman–Crippen LogP) is 6.06. The normalized spacial score (nSPS) is 10.4. The maximum absolute atomic E-state index is 13.4. The highest BCUT2D eigenvalue weighted by Crippen LogP contribution is 2.34. The lowest BCUT2D eigenvalue weighted by Gasteiger charge is -2.17. The van der Waals surface area contributed by atoms with E-state index in [1.54, 1.807) is 13.2 Å². The molecule has 0 aromatic heterocycles. The number of ether oxygens (including phenoxy) is 2. The quantitative estimate of drug-likeness (QED) is 0.450. The van der Waals surface area contributed by atoms with Crippen molar-refractivity contribution < 1.29 is 13.9 Å². The van der Waals surface area contributed by atoms with Gasteiger partial charge in [0, 0.05) is 17.8 Å². The van der Waals surface area contributed by atoms with E-state index in [1.807, 2.05) is 18.2 Å². The molecule has 0 aliphatic heterocycles. The molecule has 0 saturated carbocycles. The van der Waals surface area contributed by atoms with Gasteiger partial charge in [0.25, 0.3) is 0 Å². The van der Waals surface area contributed by atoms with Gasteiger partial charge in [-0.25, -0.2) is 4.39 Å². The van der Waals surface area contributed by atoms with E-state index in [-0.39, 0.29) is 12.4 Å². The molecular formula is C25H26FNO2. The lowest BCUT2D eigenvalue weighted by Crippen LogP contribution is -2.05. The first-order valence-corrected chi connectivity index (χ1v) is 9.57. The monoisotopic (exact) mass is 391 g/mol. The molecule has 150 valence electrons. The van der Waals surface area contributed by atoms with Crippen LogP contribution in [-0.4, -0.2) is 7.11 Å². The number of allylic oxidation sites excluding steroid dienone is 1. The summed E-state index contributed by atoms with van der Waals surface area (Å²) in [5.74, 6) is 1.04. The van der Waals surface area contributed by atoms with E-state index >= 15 is 0 Å². The number of benzene rings is 3. The second-order valence-corrected chi connectivity index (χ2v) is 6.92. The van der Waals surface area contributed by atoms with Crippen molar-refractivity contribution in [2.45, 2.75) is 26.5 Å². The Morgan fingerprint density at radius 3 is 2.52 bits per heavy atom. The van der Waals surface area contributed by atoms with Gasteiger partial charge in [0.2, 0.25) is 0 Å². The van der Waals surface area contributed by atoms with Gasteiger partial charge < -0.3 is 14.8 Å². The molecule has 3 aromatic rings. The fourth-order valence-corrected chi connectivity index (χ4v) is 3.11. The van der Waals surface area contributed by atoms with E-state index in [0.29, 0.717) is 24.5 Å². The van der Waals surface area contributed by atoms with Gasteiger partial charge in [0.05, 0.1) is 7.11 Å².